The van der Waals surface area contributed by atoms with Crippen LogP contribution < -0.4 is 11.1 Å². The van der Waals surface area contributed by atoms with Crippen LogP contribution >= 0.6 is 11.6 Å². The highest BCUT2D eigenvalue weighted by Crippen LogP contribution is 2.36. The molecular formula is C19H16ClN5. The number of rotatable bonds is 2. The van der Waals surface area contributed by atoms with Crippen molar-refractivity contribution in [1.29, 1.82) is 0 Å². The summed E-state index contributed by atoms with van der Waals surface area (Å²) in [6.45, 7) is 0. The van der Waals surface area contributed by atoms with Crippen LogP contribution in [0.3, 0.4) is 0 Å². The number of fused-ring (bicyclic) bond motifs is 1. The summed E-state index contributed by atoms with van der Waals surface area (Å²) in [5, 5.41) is 4.15. The number of nitrogen functional groups attached to an aromatic ring is 1. The van der Waals surface area contributed by atoms with E-state index < -0.39 is 0 Å². The van der Waals surface area contributed by atoms with E-state index in [-0.39, 0.29) is 6.04 Å². The summed E-state index contributed by atoms with van der Waals surface area (Å²) < 4.78 is 0. The van der Waals surface area contributed by atoms with Crippen LogP contribution in [0.25, 0.3) is 0 Å². The number of benzene rings is 2. The topological polar surface area (TPSA) is 76.2 Å². The first-order valence-electron chi connectivity index (χ1n) is 7.96. The zero-order valence-corrected chi connectivity index (χ0v) is 14.1. The number of aromatic nitrogens is 2. The molecule has 25 heavy (non-hydrogen) atoms. The van der Waals surface area contributed by atoms with Crippen LogP contribution in [-0.4, -0.2) is 15.7 Å². The normalized spacial score (nSPS) is 16.4. The number of nitrogens with zero attached hydrogens (tertiary/aromatic N) is 3. The summed E-state index contributed by atoms with van der Waals surface area (Å²) in [6.07, 6.45) is 2.15. The van der Waals surface area contributed by atoms with Gasteiger partial charge in [0, 0.05) is 11.4 Å². The van der Waals surface area contributed by atoms with Crippen LogP contribution in [-0.2, 0) is 0 Å². The number of anilines is 2. The molecule has 6 heteroatoms. The summed E-state index contributed by atoms with van der Waals surface area (Å²) in [5.74, 6) is 1.00. The quantitative estimate of drug-likeness (QED) is 0.719. The third-order valence-electron chi connectivity index (χ3n) is 4.19. The highest BCUT2D eigenvalue weighted by Gasteiger charge is 2.23. The second-order valence-electron chi connectivity index (χ2n) is 5.83. The first kappa shape index (κ1) is 15.6. The van der Waals surface area contributed by atoms with E-state index in [0.717, 1.165) is 16.8 Å². The SMILES string of the molecule is Nc1ncnc2c1N=C(c1ccc(Cl)cc1)CC(c1ccccc1)N2. The van der Waals surface area contributed by atoms with E-state index in [1.165, 1.54) is 6.33 Å². The summed E-state index contributed by atoms with van der Waals surface area (Å²) in [6, 6.07) is 17.9. The fraction of sp³-hybridized carbons (Fsp3) is 0.105. The number of nitrogens with two attached hydrogens (primary N) is 1. The summed E-state index contributed by atoms with van der Waals surface area (Å²) >= 11 is 6.02. The average molecular weight is 350 g/mol. The second kappa shape index (κ2) is 6.53. The molecule has 124 valence electrons. The Hall–Kier alpha value is -2.92. The fourth-order valence-electron chi connectivity index (χ4n) is 2.91. The van der Waals surface area contributed by atoms with E-state index in [1.807, 2.05) is 42.5 Å². The molecule has 2 heterocycles. The van der Waals surface area contributed by atoms with Gasteiger partial charge in [-0.25, -0.2) is 15.0 Å². The molecule has 4 rings (SSSR count). The van der Waals surface area contributed by atoms with Crippen LogP contribution in [0.5, 0.6) is 0 Å². The predicted octanol–water partition coefficient (Wildman–Crippen LogP) is 4.39. The number of hydrogen-bond acceptors (Lipinski definition) is 5. The molecule has 1 aromatic heterocycles. The molecule has 0 aliphatic carbocycles. The van der Waals surface area contributed by atoms with Crippen LogP contribution in [0, 0.1) is 0 Å². The molecule has 0 saturated carbocycles. The molecule has 1 aliphatic rings. The van der Waals surface area contributed by atoms with E-state index in [4.69, 9.17) is 22.3 Å². The molecule has 1 aliphatic heterocycles. The number of aliphatic imine (C=N–C) groups is 1. The van der Waals surface area contributed by atoms with Crippen molar-refractivity contribution >= 4 is 34.6 Å². The molecule has 2 aromatic carbocycles. The second-order valence-corrected chi connectivity index (χ2v) is 6.27. The van der Waals surface area contributed by atoms with E-state index in [1.54, 1.807) is 0 Å². The van der Waals surface area contributed by atoms with Gasteiger partial charge in [-0.1, -0.05) is 54.1 Å². The van der Waals surface area contributed by atoms with Crippen LogP contribution in [0.15, 0.2) is 65.9 Å². The molecule has 0 fully saturated rings. The number of halogens is 1. The summed E-state index contributed by atoms with van der Waals surface area (Å²) in [7, 11) is 0. The number of nitrogens with one attached hydrogen (secondary N) is 1. The van der Waals surface area contributed by atoms with Gasteiger partial charge in [-0.3, -0.25) is 0 Å². The van der Waals surface area contributed by atoms with Crippen molar-refractivity contribution in [3.05, 3.63) is 77.1 Å². The Kier molecular flexibility index (Phi) is 4.07. The molecule has 0 spiro atoms. The van der Waals surface area contributed by atoms with Crippen molar-refractivity contribution in [2.45, 2.75) is 12.5 Å². The Balaban J connectivity index is 1.83. The largest absolute Gasteiger partial charge is 0.382 e. The van der Waals surface area contributed by atoms with Gasteiger partial charge in [-0.05, 0) is 23.3 Å². The van der Waals surface area contributed by atoms with Gasteiger partial charge in [0.05, 0.1) is 11.8 Å². The first-order valence-corrected chi connectivity index (χ1v) is 8.34. The molecule has 1 atom stereocenters. The molecule has 0 bridgehead atoms. The lowest BCUT2D eigenvalue weighted by Gasteiger charge is -2.18. The minimum absolute atomic E-state index is 0.0335. The number of hydrogen-bond donors (Lipinski definition) is 2. The van der Waals surface area contributed by atoms with E-state index >= 15 is 0 Å². The van der Waals surface area contributed by atoms with Crippen molar-refractivity contribution in [1.82, 2.24) is 9.97 Å². The van der Waals surface area contributed by atoms with Gasteiger partial charge in [-0.15, -0.1) is 0 Å². The van der Waals surface area contributed by atoms with E-state index in [2.05, 4.69) is 27.4 Å². The van der Waals surface area contributed by atoms with Crippen LogP contribution in [0.4, 0.5) is 17.3 Å². The monoisotopic (exact) mass is 349 g/mol. The van der Waals surface area contributed by atoms with Gasteiger partial charge in [0.15, 0.2) is 11.6 Å². The smallest absolute Gasteiger partial charge is 0.158 e. The third-order valence-corrected chi connectivity index (χ3v) is 4.44. The minimum Gasteiger partial charge on any atom is -0.382 e. The highest BCUT2D eigenvalue weighted by atomic mass is 35.5. The van der Waals surface area contributed by atoms with Gasteiger partial charge in [0.25, 0.3) is 0 Å². The lowest BCUT2D eigenvalue weighted by Crippen LogP contribution is -2.15. The molecule has 3 aromatic rings. The maximum Gasteiger partial charge on any atom is 0.158 e. The van der Waals surface area contributed by atoms with E-state index in [9.17, 15) is 0 Å². The lowest BCUT2D eigenvalue weighted by molar-refractivity contribution is 0.821. The lowest BCUT2D eigenvalue weighted by atomic mass is 9.97. The zero-order chi connectivity index (χ0) is 17.2. The Morgan fingerprint density at radius 1 is 1.00 bits per heavy atom. The minimum atomic E-state index is 0.0335. The summed E-state index contributed by atoms with van der Waals surface area (Å²) in [4.78, 5) is 13.2. The Labute approximate surface area is 150 Å². The maximum atomic E-state index is 6.04. The maximum absolute atomic E-state index is 6.04. The standard InChI is InChI=1S/C19H16ClN5/c20-14-8-6-13(7-9-14)15-10-16(12-4-2-1-3-5-12)25-19-17(24-15)18(21)22-11-23-19/h1-9,11,16H,10H2,(H3,21,22,23,25). The molecule has 1 unspecified atom stereocenters. The van der Waals surface area contributed by atoms with Crippen molar-refractivity contribution in [3.63, 3.8) is 0 Å². The Morgan fingerprint density at radius 2 is 1.76 bits per heavy atom. The molecule has 0 saturated heterocycles. The molecular weight excluding hydrogens is 334 g/mol. The van der Waals surface area contributed by atoms with Gasteiger partial charge >= 0.3 is 0 Å². The average Bonchev–Trinajstić information content (AvgIpc) is 2.84. The van der Waals surface area contributed by atoms with Crippen molar-refractivity contribution in [2.24, 2.45) is 4.99 Å². The summed E-state index contributed by atoms with van der Waals surface area (Å²) in [5.41, 5.74) is 9.69. The van der Waals surface area contributed by atoms with Gasteiger partial charge in [-0.2, -0.15) is 0 Å². The van der Waals surface area contributed by atoms with Crippen LogP contribution in [0.1, 0.15) is 23.6 Å². The molecule has 5 nitrogen and oxygen atoms in total. The third kappa shape index (κ3) is 3.19. The van der Waals surface area contributed by atoms with Gasteiger partial charge < -0.3 is 11.1 Å². The first-order chi connectivity index (χ1) is 12.2. The molecule has 0 amide bonds. The highest BCUT2D eigenvalue weighted by molar-refractivity contribution is 6.30. The molecule has 0 radical (unpaired) electrons. The van der Waals surface area contributed by atoms with Crippen LogP contribution in [0.2, 0.25) is 5.02 Å². The zero-order valence-electron chi connectivity index (χ0n) is 13.4. The predicted molar refractivity (Wildman–Crippen MR) is 102 cm³/mol. The molecule has 3 N–H and O–H groups in total. The van der Waals surface area contributed by atoms with Crippen molar-refractivity contribution in [2.75, 3.05) is 11.1 Å². The van der Waals surface area contributed by atoms with Gasteiger partial charge in [0.2, 0.25) is 0 Å². The van der Waals surface area contributed by atoms with Crippen molar-refractivity contribution < 1.29 is 0 Å². The fourth-order valence-corrected chi connectivity index (χ4v) is 3.04. The van der Waals surface area contributed by atoms with E-state index in [0.29, 0.717) is 28.8 Å². The van der Waals surface area contributed by atoms with Crippen molar-refractivity contribution in [3.8, 4) is 0 Å². The Morgan fingerprint density at radius 3 is 2.52 bits per heavy atom. The Bertz CT molecular complexity index is 922. The van der Waals surface area contributed by atoms with Gasteiger partial charge in [0.1, 0.15) is 12.0 Å².